The van der Waals surface area contributed by atoms with Gasteiger partial charge in [-0.1, -0.05) is 6.07 Å². The van der Waals surface area contributed by atoms with Gasteiger partial charge in [0, 0.05) is 24.3 Å². The third-order valence-corrected chi connectivity index (χ3v) is 5.55. The molecule has 0 amide bonds. The lowest BCUT2D eigenvalue weighted by Crippen LogP contribution is -2.20. The van der Waals surface area contributed by atoms with Crippen LogP contribution in [-0.4, -0.2) is 25.6 Å². The summed E-state index contributed by atoms with van der Waals surface area (Å²) < 4.78 is 1.58. The number of pyridine rings is 3. The van der Waals surface area contributed by atoms with E-state index in [1.807, 2.05) is 17.0 Å². The molecule has 1 aromatic carbocycles. The zero-order valence-electron chi connectivity index (χ0n) is 16.7. The number of anilines is 2. The van der Waals surface area contributed by atoms with Crippen molar-refractivity contribution in [2.75, 3.05) is 10.6 Å². The molecule has 4 aromatic rings. The first kappa shape index (κ1) is 19.3. The number of nitrogens with two attached hydrogens (primary N) is 1. The Morgan fingerprint density at radius 1 is 1.19 bits per heavy atom. The Morgan fingerprint density at radius 2 is 2.03 bits per heavy atom. The number of carboxylic acid groups (broad SMARTS) is 1. The average molecular weight is 424 g/mol. The number of fused-ring (bicyclic) bond motifs is 2. The maximum Gasteiger partial charge on any atom is 0.341 e. The van der Waals surface area contributed by atoms with Crippen LogP contribution in [0.1, 0.15) is 27.2 Å². The van der Waals surface area contributed by atoms with Gasteiger partial charge in [-0.15, -0.1) is 0 Å². The number of carbonyl (C=O) groups is 1. The highest BCUT2D eigenvalue weighted by atomic mass is 16.4. The van der Waals surface area contributed by atoms with E-state index in [4.69, 9.17) is 5.73 Å². The fraction of sp³-hybridized carbons (Fsp3) is 0.0870. The average Bonchev–Trinajstić information content (AvgIpc) is 3.23. The van der Waals surface area contributed by atoms with Crippen LogP contribution in [0.3, 0.4) is 0 Å². The molecule has 3 aromatic heterocycles. The van der Waals surface area contributed by atoms with E-state index < -0.39 is 17.0 Å². The largest absolute Gasteiger partial charge is 0.477 e. The molecule has 5 rings (SSSR count). The summed E-state index contributed by atoms with van der Waals surface area (Å²) in [5.41, 5.74) is 8.56. The quantitative estimate of drug-likeness (QED) is 0.511. The molecule has 0 fully saturated rings. The van der Waals surface area contributed by atoms with Crippen molar-refractivity contribution in [1.29, 1.82) is 5.26 Å². The standard InChI is InChI=1S/C23H16N6O3/c24-8-14-6-16-20(7-19(14)28-10-13-2-1-5-26-18(13)12-28)29(11-17(22(16)30)23(31)32)15-3-4-21(25)27-9-15/h1-7,9,11H,10,12H2,(H2,25,27)(H,31,32). The zero-order chi connectivity index (χ0) is 22.4. The predicted octanol–water partition coefficient (Wildman–Crippen LogP) is 2.45. The fourth-order valence-electron chi connectivity index (χ4n) is 3.99. The summed E-state index contributed by atoms with van der Waals surface area (Å²) in [5.74, 6) is -1.04. The van der Waals surface area contributed by atoms with Crippen molar-refractivity contribution in [3.05, 3.63) is 87.6 Å². The van der Waals surface area contributed by atoms with Gasteiger partial charge < -0.3 is 20.3 Å². The topological polar surface area (TPSA) is 138 Å². The van der Waals surface area contributed by atoms with Gasteiger partial charge in [0.25, 0.3) is 0 Å². The molecule has 0 saturated carbocycles. The highest BCUT2D eigenvalue weighted by molar-refractivity contribution is 5.95. The van der Waals surface area contributed by atoms with E-state index in [-0.39, 0.29) is 10.9 Å². The second-order valence-corrected chi connectivity index (χ2v) is 7.45. The van der Waals surface area contributed by atoms with Gasteiger partial charge in [-0.05, 0) is 35.9 Å². The van der Waals surface area contributed by atoms with Gasteiger partial charge in [-0.25, -0.2) is 9.78 Å². The van der Waals surface area contributed by atoms with Crippen LogP contribution in [0.15, 0.2) is 59.8 Å². The molecule has 0 bridgehead atoms. The Kier molecular flexibility index (Phi) is 4.34. The number of rotatable bonds is 3. The van der Waals surface area contributed by atoms with E-state index in [0.717, 1.165) is 11.3 Å². The summed E-state index contributed by atoms with van der Waals surface area (Å²) in [7, 11) is 0. The molecule has 0 unspecified atom stereocenters. The lowest BCUT2D eigenvalue weighted by Gasteiger charge is -2.21. The van der Waals surface area contributed by atoms with Gasteiger partial charge >= 0.3 is 5.97 Å². The number of hydrogen-bond donors (Lipinski definition) is 2. The molecule has 0 aliphatic carbocycles. The fourth-order valence-corrected chi connectivity index (χ4v) is 3.99. The van der Waals surface area contributed by atoms with E-state index in [0.29, 0.717) is 35.8 Å². The Balaban J connectivity index is 1.78. The Hall–Kier alpha value is -4.71. The van der Waals surface area contributed by atoms with Crippen molar-refractivity contribution in [2.24, 2.45) is 0 Å². The van der Waals surface area contributed by atoms with E-state index in [1.54, 1.807) is 29.0 Å². The second-order valence-electron chi connectivity index (χ2n) is 7.45. The smallest absolute Gasteiger partial charge is 0.341 e. The highest BCUT2D eigenvalue weighted by Gasteiger charge is 2.24. The molecule has 0 radical (unpaired) electrons. The zero-order valence-corrected chi connectivity index (χ0v) is 16.7. The van der Waals surface area contributed by atoms with E-state index in [1.165, 1.54) is 18.5 Å². The lowest BCUT2D eigenvalue weighted by atomic mass is 10.1. The van der Waals surface area contributed by atoms with Gasteiger partial charge in [0.1, 0.15) is 17.5 Å². The maximum absolute atomic E-state index is 12.9. The normalized spacial score (nSPS) is 12.5. The SMILES string of the molecule is N#Cc1cc2c(=O)c(C(=O)O)cn(-c3ccc(N)nc3)c2cc1N1Cc2cccnc2C1. The minimum absolute atomic E-state index is 0.136. The van der Waals surface area contributed by atoms with E-state index in [9.17, 15) is 20.0 Å². The highest BCUT2D eigenvalue weighted by Crippen LogP contribution is 2.33. The minimum Gasteiger partial charge on any atom is -0.477 e. The first-order valence-corrected chi connectivity index (χ1v) is 9.72. The molecule has 156 valence electrons. The van der Waals surface area contributed by atoms with Crippen LogP contribution >= 0.6 is 0 Å². The van der Waals surface area contributed by atoms with Gasteiger partial charge in [0.2, 0.25) is 5.43 Å². The monoisotopic (exact) mass is 424 g/mol. The summed E-state index contributed by atoms with van der Waals surface area (Å²) in [6.45, 7) is 1.10. The number of nitrogen functional groups attached to an aromatic ring is 1. The molecule has 32 heavy (non-hydrogen) atoms. The summed E-state index contributed by atoms with van der Waals surface area (Å²) >= 11 is 0. The van der Waals surface area contributed by atoms with Crippen molar-refractivity contribution in [3.8, 4) is 11.8 Å². The van der Waals surface area contributed by atoms with Crippen LogP contribution in [-0.2, 0) is 13.1 Å². The number of aromatic carboxylic acids is 1. The molecule has 1 aliphatic heterocycles. The van der Waals surface area contributed by atoms with Gasteiger partial charge in [-0.3, -0.25) is 9.78 Å². The number of carboxylic acids is 1. The number of nitriles is 1. The Bertz CT molecular complexity index is 1480. The summed E-state index contributed by atoms with van der Waals surface area (Å²) in [4.78, 5) is 35.2. The third-order valence-electron chi connectivity index (χ3n) is 5.55. The van der Waals surface area contributed by atoms with Gasteiger partial charge in [0.15, 0.2) is 0 Å². The van der Waals surface area contributed by atoms with Gasteiger partial charge in [0.05, 0.1) is 40.9 Å². The molecule has 9 heteroatoms. The summed E-state index contributed by atoms with van der Waals surface area (Å²) in [6, 6.07) is 12.5. The van der Waals surface area contributed by atoms with Crippen LogP contribution in [0.4, 0.5) is 11.5 Å². The van der Waals surface area contributed by atoms with Gasteiger partial charge in [-0.2, -0.15) is 5.26 Å². The van der Waals surface area contributed by atoms with E-state index in [2.05, 4.69) is 16.0 Å². The van der Waals surface area contributed by atoms with Crippen molar-refractivity contribution >= 4 is 28.4 Å². The number of benzene rings is 1. The van der Waals surface area contributed by atoms with Crippen LogP contribution in [0.5, 0.6) is 0 Å². The van der Waals surface area contributed by atoms with Crippen molar-refractivity contribution in [2.45, 2.75) is 13.1 Å². The maximum atomic E-state index is 12.9. The predicted molar refractivity (Wildman–Crippen MR) is 118 cm³/mol. The molecule has 0 spiro atoms. The van der Waals surface area contributed by atoms with E-state index >= 15 is 0 Å². The van der Waals surface area contributed by atoms with Crippen LogP contribution in [0.2, 0.25) is 0 Å². The molecular weight excluding hydrogens is 408 g/mol. The molecule has 0 atom stereocenters. The molecule has 1 aliphatic rings. The van der Waals surface area contributed by atoms with Crippen molar-refractivity contribution in [1.82, 2.24) is 14.5 Å². The summed E-state index contributed by atoms with van der Waals surface area (Å²) in [6.07, 6.45) is 4.50. The molecule has 9 nitrogen and oxygen atoms in total. The Labute approximate surface area is 181 Å². The molecular formula is C23H16N6O3. The molecule has 4 heterocycles. The minimum atomic E-state index is -1.35. The molecule has 3 N–H and O–H groups in total. The lowest BCUT2D eigenvalue weighted by molar-refractivity contribution is 0.0695. The van der Waals surface area contributed by atoms with Crippen LogP contribution < -0.4 is 16.1 Å². The third kappa shape index (κ3) is 3.02. The molecule has 0 saturated heterocycles. The first-order chi connectivity index (χ1) is 15.5. The second kappa shape index (κ2) is 7.21. The Morgan fingerprint density at radius 3 is 2.72 bits per heavy atom. The summed E-state index contributed by atoms with van der Waals surface area (Å²) in [5, 5.41) is 19.5. The van der Waals surface area contributed by atoms with Crippen LogP contribution in [0.25, 0.3) is 16.6 Å². The van der Waals surface area contributed by atoms with Crippen LogP contribution in [0, 0.1) is 11.3 Å². The first-order valence-electron chi connectivity index (χ1n) is 9.72. The number of aromatic nitrogens is 3. The number of nitrogens with zero attached hydrogens (tertiary/aromatic N) is 5. The van der Waals surface area contributed by atoms with Crippen molar-refractivity contribution in [3.63, 3.8) is 0 Å². The number of hydrogen-bond acceptors (Lipinski definition) is 7. The van der Waals surface area contributed by atoms with Crippen molar-refractivity contribution < 1.29 is 9.90 Å².